The zero-order valence-corrected chi connectivity index (χ0v) is 24.4. The van der Waals surface area contributed by atoms with E-state index in [9.17, 15) is 9.59 Å². The Morgan fingerprint density at radius 3 is 2.66 bits per heavy atom. The molecule has 4 aliphatic heterocycles. The number of amides is 2. The Morgan fingerprint density at radius 2 is 1.98 bits per heavy atom. The zero-order chi connectivity index (χ0) is 28.9. The predicted molar refractivity (Wildman–Crippen MR) is 154 cm³/mol. The van der Waals surface area contributed by atoms with Crippen LogP contribution in [0, 0.1) is 5.82 Å². The first-order valence-electron chi connectivity index (χ1n) is 14.5. The Bertz CT molecular complexity index is 1530. The molecule has 0 aliphatic carbocycles. The second-order valence-electron chi connectivity index (χ2n) is 11.5. The van der Waals surface area contributed by atoms with Crippen LogP contribution in [0.3, 0.4) is 0 Å². The second-order valence-corrected chi connectivity index (χ2v) is 11.9. The highest BCUT2D eigenvalue weighted by atomic mass is 35.5. The summed E-state index contributed by atoms with van der Waals surface area (Å²) in [5.41, 5.74) is 2.75. The number of nitrogens with one attached hydrogen (secondary N) is 1. The maximum Gasteiger partial charge on any atom is 0.234 e. The molecular weight excluding hydrogens is 545 g/mol. The lowest BCUT2D eigenvalue weighted by atomic mass is 9.80. The molecule has 0 saturated carbocycles. The van der Waals surface area contributed by atoms with Gasteiger partial charge < -0.3 is 9.47 Å². The molecule has 7 nitrogen and oxygen atoms in total. The number of nitrogens with zero attached hydrogens (tertiary/aromatic N) is 2. The van der Waals surface area contributed by atoms with Crippen molar-refractivity contribution in [2.75, 3.05) is 26.3 Å². The number of fused-ring (bicyclic) bond motifs is 2. The number of pyridine rings is 1. The van der Waals surface area contributed by atoms with Gasteiger partial charge in [-0.1, -0.05) is 43.6 Å². The Hall–Kier alpha value is -2.91. The van der Waals surface area contributed by atoms with Crippen molar-refractivity contribution in [3.63, 3.8) is 0 Å². The third kappa shape index (κ3) is 4.84. The largest absolute Gasteiger partial charge is 0.380 e. The fourth-order valence-corrected chi connectivity index (χ4v) is 6.99. The van der Waals surface area contributed by atoms with E-state index in [4.69, 9.17) is 21.1 Å². The van der Waals surface area contributed by atoms with Crippen LogP contribution < -0.4 is 5.32 Å². The van der Waals surface area contributed by atoms with Crippen molar-refractivity contribution in [1.29, 1.82) is 0 Å². The molecule has 7 rings (SSSR count). The van der Waals surface area contributed by atoms with Crippen molar-refractivity contribution in [3.05, 3.63) is 75.7 Å². The highest BCUT2D eigenvalue weighted by Gasteiger charge is 2.70. The fraction of sp³-hybridized carbons (Fsp3) is 0.469. The average molecular weight is 580 g/mol. The SMILES string of the molecule is CC.CC12CN(Cc3ccc(C4COC4)c(Cl)c3)CCC1(c1ccc3ncc(C4CCC(=O)NC4=O)cc3c1F)O2. The lowest BCUT2D eigenvalue weighted by molar-refractivity contribution is -0.134. The van der Waals surface area contributed by atoms with Gasteiger partial charge in [-0.05, 0) is 54.7 Å². The molecule has 1 aromatic heterocycles. The van der Waals surface area contributed by atoms with Gasteiger partial charge in [0.25, 0.3) is 0 Å². The summed E-state index contributed by atoms with van der Waals surface area (Å²) in [6, 6.07) is 11.6. The fourth-order valence-electron chi connectivity index (χ4n) is 6.63. The van der Waals surface area contributed by atoms with E-state index in [2.05, 4.69) is 27.3 Å². The van der Waals surface area contributed by atoms with E-state index >= 15 is 4.39 Å². The minimum Gasteiger partial charge on any atom is -0.380 e. The topological polar surface area (TPSA) is 84.1 Å². The number of aromatic nitrogens is 1. The van der Waals surface area contributed by atoms with E-state index in [1.54, 1.807) is 18.3 Å². The van der Waals surface area contributed by atoms with Crippen molar-refractivity contribution in [1.82, 2.24) is 15.2 Å². The Kier molecular flexibility index (Phi) is 7.39. The number of ether oxygens (including phenoxy) is 2. The Morgan fingerprint density at radius 1 is 1.17 bits per heavy atom. The van der Waals surface area contributed by atoms with Crippen LogP contribution in [0.2, 0.25) is 5.02 Å². The Balaban J connectivity index is 0.00000148. The molecule has 9 heteroatoms. The van der Waals surface area contributed by atoms with E-state index in [0.29, 0.717) is 47.3 Å². The van der Waals surface area contributed by atoms with Gasteiger partial charge in [0.05, 0.1) is 24.6 Å². The van der Waals surface area contributed by atoms with Crippen LogP contribution in [-0.4, -0.2) is 53.6 Å². The lowest BCUT2D eigenvalue weighted by Gasteiger charge is -2.33. The van der Waals surface area contributed by atoms with Crippen LogP contribution >= 0.6 is 11.6 Å². The smallest absolute Gasteiger partial charge is 0.234 e. The number of hydrogen-bond donors (Lipinski definition) is 1. The minimum absolute atomic E-state index is 0.259. The standard InChI is InChI=1S/C30H29ClFN3O4.C2H6/c1-29-16-35(13-17-2-3-20(24(31)10-17)19-14-38-15-19)9-8-30(29,39-29)23-5-6-25-22(27(23)32)11-18(12-33-25)21-4-7-26(36)34-28(21)37;1-2/h2-3,5-6,10-12,19,21H,4,7-9,13-16H2,1H3,(H,34,36,37);1-2H3. The maximum absolute atomic E-state index is 16.1. The molecule has 4 saturated heterocycles. The molecule has 3 unspecified atom stereocenters. The van der Waals surface area contributed by atoms with Gasteiger partial charge in [-0.2, -0.15) is 0 Å². The number of carbonyl (C=O) groups excluding carboxylic acids is 2. The molecule has 216 valence electrons. The molecule has 4 aliphatic rings. The van der Waals surface area contributed by atoms with Crippen molar-refractivity contribution in [2.45, 2.75) is 69.6 Å². The quantitative estimate of drug-likeness (QED) is 0.314. The molecule has 0 bridgehead atoms. The van der Waals surface area contributed by atoms with Gasteiger partial charge in [-0.3, -0.25) is 24.8 Å². The molecule has 4 fully saturated rings. The van der Waals surface area contributed by atoms with Gasteiger partial charge in [0.2, 0.25) is 11.8 Å². The molecule has 2 amide bonds. The zero-order valence-electron chi connectivity index (χ0n) is 23.6. The minimum atomic E-state index is -0.696. The summed E-state index contributed by atoms with van der Waals surface area (Å²) in [5, 5.41) is 3.53. The first-order chi connectivity index (χ1) is 19.8. The molecule has 1 N–H and O–H groups in total. The first kappa shape index (κ1) is 28.2. The summed E-state index contributed by atoms with van der Waals surface area (Å²) in [6.07, 6.45) is 2.92. The van der Waals surface area contributed by atoms with Gasteiger partial charge in [0.15, 0.2) is 0 Å². The lowest BCUT2D eigenvalue weighted by Crippen LogP contribution is -2.44. The van der Waals surface area contributed by atoms with Crippen LogP contribution in [-0.2, 0) is 31.2 Å². The summed E-state index contributed by atoms with van der Waals surface area (Å²) in [6.45, 7) is 9.68. The molecule has 3 atom stereocenters. The number of likely N-dealkylation sites (tertiary alicyclic amines) is 1. The third-order valence-corrected chi connectivity index (χ3v) is 9.29. The van der Waals surface area contributed by atoms with Crippen molar-refractivity contribution in [2.24, 2.45) is 0 Å². The Labute approximate surface area is 244 Å². The molecule has 0 spiro atoms. The van der Waals surface area contributed by atoms with Crippen LogP contribution in [0.4, 0.5) is 4.39 Å². The number of imide groups is 1. The van der Waals surface area contributed by atoms with Crippen LogP contribution in [0.15, 0.2) is 42.6 Å². The summed E-state index contributed by atoms with van der Waals surface area (Å²) in [7, 11) is 0. The van der Waals surface area contributed by atoms with Gasteiger partial charge in [-0.15, -0.1) is 0 Å². The van der Waals surface area contributed by atoms with Gasteiger partial charge >= 0.3 is 0 Å². The van der Waals surface area contributed by atoms with Crippen molar-refractivity contribution < 1.29 is 23.5 Å². The normalized spacial score (nSPS) is 27.9. The molecule has 2 aromatic carbocycles. The average Bonchev–Trinajstić information content (AvgIpc) is 3.56. The van der Waals surface area contributed by atoms with Crippen LogP contribution in [0.25, 0.3) is 10.9 Å². The van der Waals surface area contributed by atoms with Gasteiger partial charge in [0.1, 0.15) is 17.0 Å². The van der Waals surface area contributed by atoms with E-state index in [-0.39, 0.29) is 24.1 Å². The summed E-state index contributed by atoms with van der Waals surface area (Å²) < 4.78 is 27.8. The van der Waals surface area contributed by atoms with E-state index in [1.807, 2.05) is 32.9 Å². The number of piperidine rings is 2. The monoisotopic (exact) mass is 579 g/mol. The molecule has 3 aromatic rings. The van der Waals surface area contributed by atoms with Crippen molar-refractivity contribution >= 4 is 34.3 Å². The first-order valence-corrected chi connectivity index (χ1v) is 14.8. The van der Waals surface area contributed by atoms with E-state index < -0.39 is 17.1 Å². The number of halogens is 2. The number of rotatable bonds is 5. The van der Waals surface area contributed by atoms with E-state index in [1.165, 1.54) is 0 Å². The van der Waals surface area contributed by atoms with Crippen LogP contribution in [0.5, 0.6) is 0 Å². The van der Waals surface area contributed by atoms with Gasteiger partial charge in [-0.25, -0.2) is 4.39 Å². The maximum atomic E-state index is 16.1. The van der Waals surface area contributed by atoms with E-state index in [0.717, 1.165) is 42.5 Å². The molecular formula is C32H35ClFN3O4. The predicted octanol–water partition coefficient (Wildman–Crippen LogP) is 5.58. The number of benzene rings is 2. The number of hydrogen-bond acceptors (Lipinski definition) is 6. The highest BCUT2D eigenvalue weighted by molar-refractivity contribution is 6.31. The summed E-state index contributed by atoms with van der Waals surface area (Å²) in [4.78, 5) is 30.7. The molecule has 5 heterocycles. The summed E-state index contributed by atoms with van der Waals surface area (Å²) >= 11 is 6.58. The second kappa shape index (κ2) is 10.7. The number of carbonyl (C=O) groups is 2. The highest BCUT2D eigenvalue weighted by Crippen LogP contribution is 2.61. The van der Waals surface area contributed by atoms with Gasteiger partial charge in [0, 0.05) is 54.1 Å². The molecule has 41 heavy (non-hydrogen) atoms. The number of epoxide rings is 1. The third-order valence-electron chi connectivity index (χ3n) is 8.96. The summed E-state index contributed by atoms with van der Waals surface area (Å²) in [5.74, 6) is -1.13. The molecule has 0 radical (unpaired) electrons. The van der Waals surface area contributed by atoms with Crippen LogP contribution in [0.1, 0.15) is 74.1 Å². The van der Waals surface area contributed by atoms with Crippen molar-refractivity contribution in [3.8, 4) is 0 Å².